The molecule has 0 saturated heterocycles. The highest BCUT2D eigenvalue weighted by Gasteiger charge is 2.33. The van der Waals surface area contributed by atoms with Gasteiger partial charge < -0.3 is 5.32 Å². The van der Waals surface area contributed by atoms with Crippen LogP contribution in [0.25, 0.3) is 0 Å². The molecule has 0 aliphatic heterocycles. The van der Waals surface area contributed by atoms with Gasteiger partial charge in [-0.3, -0.25) is 4.98 Å². The maximum absolute atomic E-state index is 12.8. The van der Waals surface area contributed by atoms with Crippen molar-refractivity contribution in [3.8, 4) is 0 Å². The molecule has 1 heterocycles. The van der Waals surface area contributed by atoms with Gasteiger partial charge in [-0.05, 0) is 30.2 Å². The van der Waals surface area contributed by atoms with Gasteiger partial charge in [0.1, 0.15) is 0 Å². The zero-order valence-electron chi connectivity index (χ0n) is 11.6. The lowest BCUT2D eigenvalue weighted by Crippen LogP contribution is -2.29. The molecule has 0 spiro atoms. The van der Waals surface area contributed by atoms with E-state index in [0.29, 0.717) is 5.56 Å². The predicted molar refractivity (Wildman–Crippen MR) is 75.6 cm³/mol. The molecule has 0 aliphatic carbocycles. The third-order valence-electron chi connectivity index (χ3n) is 3.29. The standard InChI is InChI=1S/C16H17F3N2/c1-12(13-7-9-20-10-8-13)21-15(11-16(17,18)19)14-5-3-2-4-6-14/h2-10,12,15,21H,11H2,1H3/t12-,15?/m1/s1. The fourth-order valence-corrected chi connectivity index (χ4v) is 2.24. The molecule has 1 N–H and O–H groups in total. The minimum atomic E-state index is -4.22. The zero-order chi connectivity index (χ0) is 15.3. The van der Waals surface area contributed by atoms with Gasteiger partial charge in [0.25, 0.3) is 0 Å². The molecule has 0 radical (unpaired) electrons. The molecule has 2 nitrogen and oxygen atoms in total. The quantitative estimate of drug-likeness (QED) is 0.882. The highest BCUT2D eigenvalue weighted by atomic mass is 19.4. The van der Waals surface area contributed by atoms with E-state index in [1.165, 1.54) is 0 Å². The van der Waals surface area contributed by atoms with E-state index in [-0.39, 0.29) is 6.04 Å². The molecule has 2 aromatic rings. The molecule has 1 aromatic heterocycles. The third-order valence-corrected chi connectivity index (χ3v) is 3.29. The van der Waals surface area contributed by atoms with Crippen LogP contribution in [0, 0.1) is 0 Å². The number of pyridine rings is 1. The van der Waals surface area contributed by atoms with Gasteiger partial charge in [-0.1, -0.05) is 30.3 Å². The summed E-state index contributed by atoms with van der Waals surface area (Å²) in [6, 6.07) is 11.3. The van der Waals surface area contributed by atoms with Crippen LogP contribution in [0.1, 0.15) is 36.6 Å². The summed E-state index contributed by atoms with van der Waals surface area (Å²) >= 11 is 0. The predicted octanol–water partition coefficient (Wildman–Crippen LogP) is 4.43. The van der Waals surface area contributed by atoms with Gasteiger partial charge in [-0.2, -0.15) is 13.2 Å². The topological polar surface area (TPSA) is 24.9 Å². The Balaban J connectivity index is 2.16. The van der Waals surface area contributed by atoms with E-state index in [2.05, 4.69) is 10.3 Å². The highest BCUT2D eigenvalue weighted by Crippen LogP contribution is 2.31. The Morgan fingerprint density at radius 2 is 1.62 bits per heavy atom. The Bertz CT molecular complexity index is 540. The molecule has 1 aromatic carbocycles. The normalized spacial score (nSPS) is 14.7. The van der Waals surface area contributed by atoms with E-state index in [9.17, 15) is 13.2 Å². The van der Waals surface area contributed by atoms with Gasteiger partial charge in [-0.25, -0.2) is 0 Å². The first-order chi connectivity index (χ1) is 9.96. The summed E-state index contributed by atoms with van der Waals surface area (Å²) in [6.07, 6.45) is -1.85. The first kappa shape index (κ1) is 15.5. The minimum absolute atomic E-state index is 0.194. The second-order valence-corrected chi connectivity index (χ2v) is 4.95. The van der Waals surface area contributed by atoms with E-state index in [4.69, 9.17) is 0 Å². The average Bonchev–Trinajstić information content (AvgIpc) is 2.47. The monoisotopic (exact) mass is 294 g/mol. The largest absolute Gasteiger partial charge is 0.390 e. The van der Waals surface area contributed by atoms with Gasteiger partial charge in [0.2, 0.25) is 0 Å². The van der Waals surface area contributed by atoms with Crippen LogP contribution in [-0.2, 0) is 0 Å². The minimum Gasteiger partial charge on any atom is -0.303 e. The van der Waals surface area contributed by atoms with Crippen LogP contribution in [0.3, 0.4) is 0 Å². The number of nitrogens with one attached hydrogen (secondary N) is 1. The first-order valence-corrected chi connectivity index (χ1v) is 6.73. The molecule has 0 saturated carbocycles. The molecule has 2 atom stereocenters. The first-order valence-electron chi connectivity index (χ1n) is 6.73. The van der Waals surface area contributed by atoms with Crippen LogP contribution in [0.15, 0.2) is 54.9 Å². The number of hydrogen-bond acceptors (Lipinski definition) is 2. The van der Waals surface area contributed by atoms with Crippen molar-refractivity contribution in [3.05, 3.63) is 66.0 Å². The summed E-state index contributed by atoms with van der Waals surface area (Å²) in [5.74, 6) is 0. The summed E-state index contributed by atoms with van der Waals surface area (Å²) in [5.41, 5.74) is 1.55. The van der Waals surface area contributed by atoms with Crippen molar-refractivity contribution in [2.24, 2.45) is 0 Å². The lowest BCUT2D eigenvalue weighted by atomic mass is 10.0. The Morgan fingerprint density at radius 1 is 1.00 bits per heavy atom. The summed E-state index contributed by atoms with van der Waals surface area (Å²) in [4.78, 5) is 3.92. The molecule has 1 unspecified atom stereocenters. The molecule has 0 bridgehead atoms. The van der Waals surface area contributed by atoms with Crippen LogP contribution < -0.4 is 5.32 Å². The van der Waals surface area contributed by atoms with Crippen molar-refractivity contribution in [1.29, 1.82) is 0 Å². The fourth-order valence-electron chi connectivity index (χ4n) is 2.24. The average molecular weight is 294 g/mol. The lowest BCUT2D eigenvalue weighted by molar-refractivity contribution is -0.140. The van der Waals surface area contributed by atoms with Gasteiger partial charge >= 0.3 is 6.18 Å². The van der Waals surface area contributed by atoms with Crippen LogP contribution >= 0.6 is 0 Å². The van der Waals surface area contributed by atoms with Crippen molar-refractivity contribution in [2.45, 2.75) is 31.6 Å². The Morgan fingerprint density at radius 3 is 2.19 bits per heavy atom. The van der Waals surface area contributed by atoms with Crippen LogP contribution in [0.2, 0.25) is 0 Å². The van der Waals surface area contributed by atoms with Crippen molar-refractivity contribution in [1.82, 2.24) is 10.3 Å². The summed E-state index contributed by atoms with van der Waals surface area (Å²) < 4.78 is 38.4. The Labute approximate surface area is 122 Å². The maximum atomic E-state index is 12.8. The van der Waals surface area contributed by atoms with Gasteiger partial charge in [0, 0.05) is 24.5 Å². The SMILES string of the molecule is C[C@@H](NC(CC(F)(F)F)c1ccccc1)c1ccncc1. The molecular weight excluding hydrogens is 277 g/mol. The third kappa shape index (κ3) is 4.86. The number of aromatic nitrogens is 1. The number of rotatable bonds is 5. The molecule has 0 amide bonds. The second kappa shape index (κ2) is 6.72. The Kier molecular flexibility index (Phi) is 4.96. The summed E-state index contributed by atoms with van der Waals surface area (Å²) in [7, 11) is 0. The highest BCUT2D eigenvalue weighted by molar-refractivity contribution is 5.21. The number of nitrogens with zero attached hydrogens (tertiary/aromatic N) is 1. The van der Waals surface area contributed by atoms with E-state index in [1.807, 2.05) is 6.92 Å². The van der Waals surface area contributed by atoms with Crippen molar-refractivity contribution in [3.63, 3.8) is 0 Å². The van der Waals surface area contributed by atoms with E-state index in [1.54, 1.807) is 54.9 Å². The molecule has 5 heteroatoms. The molecule has 21 heavy (non-hydrogen) atoms. The fraction of sp³-hybridized carbons (Fsp3) is 0.312. The summed E-state index contributed by atoms with van der Waals surface area (Å²) in [5, 5.41) is 3.06. The van der Waals surface area contributed by atoms with E-state index >= 15 is 0 Å². The Hall–Kier alpha value is -1.88. The van der Waals surface area contributed by atoms with Crippen LogP contribution in [0.5, 0.6) is 0 Å². The molecule has 0 fully saturated rings. The maximum Gasteiger partial charge on any atom is 0.390 e. The van der Waals surface area contributed by atoms with Crippen molar-refractivity contribution < 1.29 is 13.2 Å². The van der Waals surface area contributed by atoms with Crippen molar-refractivity contribution >= 4 is 0 Å². The number of halogens is 3. The van der Waals surface area contributed by atoms with E-state index in [0.717, 1.165) is 5.56 Å². The zero-order valence-corrected chi connectivity index (χ0v) is 11.6. The number of alkyl halides is 3. The van der Waals surface area contributed by atoms with Crippen LogP contribution in [0.4, 0.5) is 13.2 Å². The molecule has 2 rings (SSSR count). The second-order valence-electron chi connectivity index (χ2n) is 4.95. The van der Waals surface area contributed by atoms with Crippen LogP contribution in [-0.4, -0.2) is 11.2 Å². The van der Waals surface area contributed by atoms with Crippen molar-refractivity contribution in [2.75, 3.05) is 0 Å². The van der Waals surface area contributed by atoms with Gasteiger partial charge in [0.15, 0.2) is 0 Å². The molecular formula is C16H17F3N2. The summed E-state index contributed by atoms with van der Waals surface area (Å²) in [6.45, 7) is 1.85. The molecule has 112 valence electrons. The smallest absolute Gasteiger partial charge is 0.303 e. The number of hydrogen-bond donors (Lipinski definition) is 1. The number of benzene rings is 1. The molecule has 0 aliphatic rings. The lowest BCUT2D eigenvalue weighted by Gasteiger charge is -2.25. The van der Waals surface area contributed by atoms with Gasteiger partial charge in [-0.15, -0.1) is 0 Å². The van der Waals surface area contributed by atoms with Gasteiger partial charge in [0.05, 0.1) is 6.42 Å². The van der Waals surface area contributed by atoms with E-state index < -0.39 is 18.6 Å².